The topological polar surface area (TPSA) is 54.4 Å². The highest BCUT2D eigenvalue weighted by Gasteiger charge is 2.38. The van der Waals surface area contributed by atoms with Gasteiger partial charge in [-0.15, -0.1) is 0 Å². The van der Waals surface area contributed by atoms with Crippen LogP contribution in [0.1, 0.15) is 18.2 Å². The second kappa shape index (κ2) is 6.26. The molecule has 2 heterocycles. The normalized spacial score (nSPS) is 19.5. The zero-order chi connectivity index (χ0) is 16.4. The molecule has 0 radical (unpaired) electrons. The summed E-state index contributed by atoms with van der Waals surface area (Å²) in [5.74, 6) is 0.416. The molecule has 122 valence electrons. The molecule has 3 rings (SSSR count). The van der Waals surface area contributed by atoms with Crippen molar-refractivity contribution < 1.29 is 14.2 Å². The maximum atomic E-state index is 13.2. The van der Waals surface area contributed by atoms with Crippen LogP contribution in [-0.2, 0) is 11.8 Å². The van der Waals surface area contributed by atoms with E-state index in [0.717, 1.165) is 29.8 Å². The zero-order valence-electron chi connectivity index (χ0n) is 13.4. The average Bonchev–Trinajstić information content (AvgIpc) is 2.91. The summed E-state index contributed by atoms with van der Waals surface area (Å²) < 4.78 is 19.1. The standard InChI is InChI=1S/C18H21FN2O2/c1-18(10-22)11-23-17-15(18)9-14(7-8-20-2)21-16(17)12-3-5-13(19)6-4-12/h3-6,9,20,22H,7-8,10-11H2,1-2H3. The highest BCUT2D eigenvalue weighted by molar-refractivity contribution is 5.70. The summed E-state index contributed by atoms with van der Waals surface area (Å²) in [5, 5.41) is 12.9. The summed E-state index contributed by atoms with van der Waals surface area (Å²) in [6.45, 7) is 3.23. The fourth-order valence-electron chi connectivity index (χ4n) is 2.81. The number of hydrogen-bond donors (Lipinski definition) is 2. The van der Waals surface area contributed by atoms with Crippen LogP contribution in [0, 0.1) is 5.82 Å². The number of halogens is 1. The molecule has 1 aliphatic rings. The molecule has 0 bridgehead atoms. The van der Waals surface area contributed by atoms with Crippen molar-refractivity contribution in [2.75, 3.05) is 26.8 Å². The van der Waals surface area contributed by atoms with Crippen LogP contribution in [0.2, 0.25) is 0 Å². The molecule has 0 saturated heterocycles. The van der Waals surface area contributed by atoms with Crippen LogP contribution in [0.5, 0.6) is 5.75 Å². The van der Waals surface area contributed by atoms with Crippen LogP contribution < -0.4 is 10.1 Å². The molecule has 0 spiro atoms. The minimum atomic E-state index is -0.429. The third-order valence-corrected chi connectivity index (χ3v) is 4.31. The van der Waals surface area contributed by atoms with Gasteiger partial charge in [0.2, 0.25) is 0 Å². The Labute approximate surface area is 135 Å². The maximum Gasteiger partial charge on any atom is 0.149 e. The third kappa shape index (κ3) is 2.94. The first-order chi connectivity index (χ1) is 11.1. The molecule has 0 amide bonds. The first kappa shape index (κ1) is 15.9. The van der Waals surface area contributed by atoms with Crippen molar-refractivity contribution >= 4 is 0 Å². The van der Waals surface area contributed by atoms with Gasteiger partial charge in [-0.05, 0) is 44.3 Å². The lowest BCUT2D eigenvalue weighted by Gasteiger charge is -2.19. The molecule has 1 aromatic heterocycles. The number of nitrogens with zero attached hydrogens (tertiary/aromatic N) is 1. The highest BCUT2D eigenvalue weighted by Crippen LogP contribution is 2.44. The van der Waals surface area contributed by atoms with Gasteiger partial charge in [-0.2, -0.15) is 0 Å². The van der Waals surface area contributed by atoms with Gasteiger partial charge in [0.1, 0.15) is 23.9 Å². The molecule has 1 atom stereocenters. The second-order valence-corrected chi connectivity index (χ2v) is 6.21. The van der Waals surface area contributed by atoms with E-state index in [1.165, 1.54) is 12.1 Å². The smallest absolute Gasteiger partial charge is 0.149 e. The predicted octanol–water partition coefficient (Wildman–Crippen LogP) is 2.29. The van der Waals surface area contributed by atoms with Crippen molar-refractivity contribution in [2.45, 2.75) is 18.8 Å². The molecular weight excluding hydrogens is 295 g/mol. The number of pyridine rings is 1. The Kier molecular flexibility index (Phi) is 4.33. The van der Waals surface area contributed by atoms with Crippen LogP contribution in [-0.4, -0.2) is 36.9 Å². The lowest BCUT2D eigenvalue weighted by molar-refractivity contribution is 0.171. The van der Waals surface area contributed by atoms with E-state index in [2.05, 4.69) is 5.32 Å². The number of aliphatic hydroxyl groups excluding tert-OH is 1. The number of nitrogens with one attached hydrogen (secondary N) is 1. The summed E-state index contributed by atoms with van der Waals surface area (Å²) in [5.41, 5.74) is 3.01. The fraction of sp³-hybridized carbons (Fsp3) is 0.389. The number of likely N-dealkylation sites (N-methyl/N-ethyl adjacent to an activating group) is 1. The van der Waals surface area contributed by atoms with Gasteiger partial charge in [-0.25, -0.2) is 9.37 Å². The van der Waals surface area contributed by atoms with E-state index in [1.54, 1.807) is 12.1 Å². The molecule has 1 unspecified atom stereocenters. The Morgan fingerprint density at radius 1 is 1.35 bits per heavy atom. The highest BCUT2D eigenvalue weighted by atomic mass is 19.1. The molecule has 5 heteroatoms. The largest absolute Gasteiger partial charge is 0.490 e. The van der Waals surface area contributed by atoms with Gasteiger partial charge in [0, 0.05) is 29.8 Å². The molecule has 0 aliphatic carbocycles. The lowest BCUT2D eigenvalue weighted by atomic mass is 9.84. The van der Waals surface area contributed by atoms with Crippen molar-refractivity contribution in [3.8, 4) is 17.0 Å². The summed E-state index contributed by atoms with van der Waals surface area (Å²) in [4.78, 5) is 4.71. The maximum absolute atomic E-state index is 13.2. The summed E-state index contributed by atoms with van der Waals surface area (Å²) in [6, 6.07) is 8.27. The number of benzene rings is 1. The number of fused-ring (bicyclic) bond motifs is 1. The lowest BCUT2D eigenvalue weighted by Crippen LogP contribution is -2.28. The van der Waals surface area contributed by atoms with E-state index in [-0.39, 0.29) is 12.4 Å². The molecule has 1 aromatic carbocycles. The van der Waals surface area contributed by atoms with Crippen LogP contribution in [0.4, 0.5) is 4.39 Å². The molecular formula is C18H21FN2O2. The van der Waals surface area contributed by atoms with Crippen molar-refractivity contribution in [3.05, 3.63) is 47.4 Å². The van der Waals surface area contributed by atoms with Crippen LogP contribution >= 0.6 is 0 Å². The molecule has 0 fully saturated rings. The van der Waals surface area contributed by atoms with E-state index < -0.39 is 5.41 Å². The van der Waals surface area contributed by atoms with E-state index in [9.17, 15) is 9.50 Å². The summed E-state index contributed by atoms with van der Waals surface area (Å²) in [7, 11) is 1.90. The van der Waals surface area contributed by atoms with E-state index >= 15 is 0 Å². The molecule has 2 aromatic rings. The first-order valence-electron chi connectivity index (χ1n) is 7.76. The number of rotatable bonds is 5. The van der Waals surface area contributed by atoms with Gasteiger partial charge in [-0.1, -0.05) is 0 Å². The first-order valence-corrected chi connectivity index (χ1v) is 7.76. The Balaban J connectivity index is 2.13. The average molecular weight is 316 g/mol. The fourth-order valence-corrected chi connectivity index (χ4v) is 2.81. The van der Waals surface area contributed by atoms with E-state index in [4.69, 9.17) is 9.72 Å². The van der Waals surface area contributed by atoms with Gasteiger partial charge in [0.05, 0.1) is 12.0 Å². The number of hydrogen-bond acceptors (Lipinski definition) is 4. The molecule has 2 N–H and O–H groups in total. The predicted molar refractivity (Wildman–Crippen MR) is 87.2 cm³/mol. The molecule has 1 aliphatic heterocycles. The quantitative estimate of drug-likeness (QED) is 0.889. The second-order valence-electron chi connectivity index (χ2n) is 6.21. The van der Waals surface area contributed by atoms with Gasteiger partial charge in [0.25, 0.3) is 0 Å². The monoisotopic (exact) mass is 316 g/mol. The van der Waals surface area contributed by atoms with Gasteiger partial charge < -0.3 is 15.2 Å². The van der Waals surface area contributed by atoms with Gasteiger partial charge in [0.15, 0.2) is 0 Å². The van der Waals surface area contributed by atoms with Gasteiger partial charge in [-0.3, -0.25) is 0 Å². The molecule has 0 saturated carbocycles. The Hall–Kier alpha value is -1.98. The number of ether oxygens (including phenoxy) is 1. The van der Waals surface area contributed by atoms with Crippen molar-refractivity contribution in [1.82, 2.24) is 10.3 Å². The van der Waals surface area contributed by atoms with E-state index in [0.29, 0.717) is 18.1 Å². The Bertz CT molecular complexity index is 703. The minimum absolute atomic E-state index is 0.0122. The minimum Gasteiger partial charge on any atom is -0.490 e. The van der Waals surface area contributed by atoms with Crippen LogP contribution in [0.15, 0.2) is 30.3 Å². The zero-order valence-corrected chi connectivity index (χ0v) is 13.4. The molecule has 23 heavy (non-hydrogen) atoms. The van der Waals surface area contributed by atoms with Crippen molar-refractivity contribution in [3.63, 3.8) is 0 Å². The Morgan fingerprint density at radius 3 is 2.74 bits per heavy atom. The number of aromatic nitrogens is 1. The molecule has 4 nitrogen and oxygen atoms in total. The van der Waals surface area contributed by atoms with Crippen LogP contribution in [0.25, 0.3) is 11.3 Å². The van der Waals surface area contributed by atoms with Crippen LogP contribution in [0.3, 0.4) is 0 Å². The van der Waals surface area contributed by atoms with Crippen molar-refractivity contribution in [2.24, 2.45) is 0 Å². The Morgan fingerprint density at radius 2 is 2.09 bits per heavy atom. The summed E-state index contributed by atoms with van der Waals surface area (Å²) >= 11 is 0. The third-order valence-electron chi connectivity index (χ3n) is 4.31. The van der Waals surface area contributed by atoms with Gasteiger partial charge >= 0.3 is 0 Å². The van der Waals surface area contributed by atoms with Crippen molar-refractivity contribution in [1.29, 1.82) is 0 Å². The number of aliphatic hydroxyl groups is 1. The summed E-state index contributed by atoms with van der Waals surface area (Å²) in [6.07, 6.45) is 0.777. The SMILES string of the molecule is CNCCc1cc2c(c(-c3ccc(F)cc3)n1)OCC2(C)CO. The van der Waals surface area contributed by atoms with E-state index in [1.807, 2.05) is 20.0 Å².